The second-order valence-electron chi connectivity index (χ2n) is 8.71. The van der Waals surface area contributed by atoms with Crippen molar-refractivity contribution in [2.75, 3.05) is 44.2 Å². The minimum Gasteiger partial charge on any atom is -0.368 e. The molecule has 10 heteroatoms. The van der Waals surface area contributed by atoms with Crippen molar-refractivity contribution >= 4 is 33.2 Å². The molecule has 1 aromatic heterocycles. The van der Waals surface area contributed by atoms with E-state index in [1.807, 2.05) is 23.1 Å². The Morgan fingerprint density at radius 3 is 2.50 bits per heavy atom. The number of piperidine rings is 1. The molecule has 1 N–H and O–H groups in total. The fourth-order valence-electron chi connectivity index (χ4n) is 4.76. The number of nitrogens with one attached hydrogen (secondary N) is 1. The fourth-order valence-corrected chi connectivity index (χ4v) is 6.78. The van der Waals surface area contributed by atoms with Crippen molar-refractivity contribution < 1.29 is 13.2 Å². The van der Waals surface area contributed by atoms with Crippen LogP contribution in [-0.2, 0) is 14.8 Å². The van der Waals surface area contributed by atoms with E-state index in [9.17, 15) is 13.2 Å². The van der Waals surface area contributed by atoms with Gasteiger partial charge in [-0.25, -0.2) is 8.42 Å². The van der Waals surface area contributed by atoms with Crippen LogP contribution in [0.2, 0.25) is 5.02 Å². The van der Waals surface area contributed by atoms with Crippen LogP contribution in [0.5, 0.6) is 0 Å². The number of aromatic amines is 1. The molecule has 2 aliphatic heterocycles. The topological polar surface area (TPSA) is 89.6 Å². The molecule has 0 unspecified atom stereocenters. The Balaban J connectivity index is 1.41. The zero-order valence-electron chi connectivity index (χ0n) is 18.8. The van der Waals surface area contributed by atoms with Gasteiger partial charge < -0.3 is 9.80 Å². The van der Waals surface area contributed by atoms with E-state index in [2.05, 4.69) is 22.0 Å². The summed E-state index contributed by atoms with van der Waals surface area (Å²) in [5.41, 5.74) is 3.25. The molecule has 2 aliphatic rings. The summed E-state index contributed by atoms with van der Waals surface area (Å²) in [5, 5.41) is 7.48. The number of nitrogens with zero attached hydrogens (tertiary/aromatic N) is 4. The van der Waals surface area contributed by atoms with Crippen molar-refractivity contribution in [3.8, 4) is 0 Å². The normalized spacial score (nSPS) is 20.6. The van der Waals surface area contributed by atoms with E-state index in [0.717, 1.165) is 24.3 Å². The third-order valence-corrected chi connectivity index (χ3v) is 8.86. The van der Waals surface area contributed by atoms with Crippen LogP contribution in [0.1, 0.15) is 29.8 Å². The van der Waals surface area contributed by atoms with Gasteiger partial charge in [0.05, 0.1) is 17.3 Å². The number of benzene rings is 1. The number of aryl methyl sites for hydroxylation is 3. The van der Waals surface area contributed by atoms with Gasteiger partial charge in [-0.1, -0.05) is 17.7 Å². The van der Waals surface area contributed by atoms with Crippen LogP contribution in [0.25, 0.3) is 0 Å². The summed E-state index contributed by atoms with van der Waals surface area (Å²) in [4.78, 5) is 17.6. The zero-order chi connectivity index (χ0) is 23.0. The number of halogens is 1. The molecule has 0 radical (unpaired) electrons. The standard InChI is InChI=1S/C22H30ClN5O3S/c1-15-6-7-19(23)13-20(15)26-9-11-27(12-10-26)22(29)18-5-4-8-28(14-18)32(30,31)21-16(2)24-25-17(21)3/h6-7,13,18H,4-5,8-12,14H2,1-3H3,(H,24,25)/t18-/m1/s1. The molecule has 2 aromatic rings. The molecular formula is C22H30ClN5O3S. The highest BCUT2D eigenvalue weighted by Crippen LogP contribution is 2.29. The minimum atomic E-state index is -3.68. The van der Waals surface area contributed by atoms with E-state index in [1.54, 1.807) is 13.8 Å². The van der Waals surface area contributed by atoms with Gasteiger partial charge in [0.1, 0.15) is 4.90 Å². The van der Waals surface area contributed by atoms with Crippen molar-refractivity contribution in [2.45, 2.75) is 38.5 Å². The first kappa shape index (κ1) is 23.1. The second kappa shape index (κ2) is 9.03. The fraction of sp³-hybridized carbons (Fsp3) is 0.545. The largest absolute Gasteiger partial charge is 0.368 e. The molecule has 2 saturated heterocycles. The summed E-state index contributed by atoms with van der Waals surface area (Å²) in [5.74, 6) is -0.265. The number of anilines is 1. The van der Waals surface area contributed by atoms with Gasteiger partial charge in [-0.2, -0.15) is 9.40 Å². The van der Waals surface area contributed by atoms with Gasteiger partial charge in [0.15, 0.2) is 0 Å². The van der Waals surface area contributed by atoms with Gasteiger partial charge in [-0.3, -0.25) is 9.89 Å². The van der Waals surface area contributed by atoms with Crippen LogP contribution in [-0.4, -0.2) is 73.0 Å². The van der Waals surface area contributed by atoms with Gasteiger partial charge in [-0.15, -0.1) is 0 Å². The molecule has 3 heterocycles. The molecule has 0 bridgehead atoms. The predicted octanol–water partition coefficient (Wildman–Crippen LogP) is 2.74. The minimum absolute atomic E-state index is 0.0491. The van der Waals surface area contributed by atoms with Crippen LogP contribution in [0.3, 0.4) is 0 Å². The summed E-state index contributed by atoms with van der Waals surface area (Å²) in [6.07, 6.45) is 1.38. The smallest absolute Gasteiger partial charge is 0.246 e. The molecule has 2 fully saturated rings. The number of hydrogen-bond donors (Lipinski definition) is 1. The average molecular weight is 480 g/mol. The number of carbonyl (C=O) groups excluding carboxylic acids is 1. The summed E-state index contributed by atoms with van der Waals surface area (Å²) >= 11 is 6.17. The van der Waals surface area contributed by atoms with E-state index in [1.165, 1.54) is 4.31 Å². The summed E-state index contributed by atoms with van der Waals surface area (Å²) < 4.78 is 27.9. The van der Waals surface area contributed by atoms with Crippen LogP contribution in [0.15, 0.2) is 23.1 Å². The quantitative estimate of drug-likeness (QED) is 0.728. The van der Waals surface area contributed by atoms with Gasteiger partial charge >= 0.3 is 0 Å². The van der Waals surface area contributed by atoms with Gasteiger partial charge in [0, 0.05) is 50.0 Å². The molecule has 0 saturated carbocycles. The van der Waals surface area contributed by atoms with E-state index in [0.29, 0.717) is 48.9 Å². The Bertz CT molecular complexity index is 1090. The zero-order valence-corrected chi connectivity index (χ0v) is 20.3. The van der Waals surface area contributed by atoms with E-state index in [-0.39, 0.29) is 23.3 Å². The first-order valence-electron chi connectivity index (χ1n) is 11.0. The highest BCUT2D eigenvalue weighted by atomic mass is 35.5. The number of carbonyl (C=O) groups is 1. The summed E-state index contributed by atoms with van der Waals surface area (Å²) in [6, 6.07) is 5.86. The average Bonchev–Trinajstić information content (AvgIpc) is 3.14. The number of piperazine rings is 1. The van der Waals surface area contributed by atoms with Crippen molar-refractivity contribution in [2.24, 2.45) is 5.92 Å². The number of rotatable bonds is 4. The molecule has 8 nitrogen and oxygen atoms in total. The van der Waals surface area contributed by atoms with Crippen LogP contribution >= 0.6 is 11.6 Å². The Morgan fingerprint density at radius 1 is 1.12 bits per heavy atom. The van der Waals surface area contributed by atoms with E-state index >= 15 is 0 Å². The lowest BCUT2D eigenvalue weighted by atomic mass is 9.97. The molecule has 1 aromatic carbocycles. The van der Waals surface area contributed by atoms with Crippen molar-refractivity contribution in [3.63, 3.8) is 0 Å². The Labute approximate surface area is 194 Å². The van der Waals surface area contributed by atoms with E-state index < -0.39 is 10.0 Å². The van der Waals surface area contributed by atoms with Crippen molar-refractivity contribution in [1.82, 2.24) is 19.4 Å². The first-order valence-corrected chi connectivity index (χ1v) is 12.8. The second-order valence-corrected chi connectivity index (χ2v) is 11.0. The monoisotopic (exact) mass is 479 g/mol. The maximum Gasteiger partial charge on any atom is 0.246 e. The van der Waals surface area contributed by atoms with Crippen molar-refractivity contribution in [3.05, 3.63) is 40.2 Å². The molecule has 174 valence electrons. The maximum atomic E-state index is 13.3. The molecule has 32 heavy (non-hydrogen) atoms. The number of H-pyrrole nitrogens is 1. The number of sulfonamides is 1. The maximum absolute atomic E-state index is 13.3. The van der Waals surface area contributed by atoms with Crippen LogP contribution in [0, 0.1) is 26.7 Å². The summed E-state index contributed by atoms with van der Waals surface area (Å²) in [7, 11) is -3.68. The molecule has 1 amide bonds. The van der Waals surface area contributed by atoms with E-state index in [4.69, 9.17) is 11.6 Å². The first-order chi connectivity index (χ1) is 15.2. The number of amides is 1. The van der Waals surface area contributed by atoms with Gasteiger partial charge in [-0.05, 0) is 51.3 Å². The molecule has 0 aliphatic carbocycles. The highest BCUT2D eigenvalue weighted by molar-refractivity contribution is 7.89. The molecule has 0 spiro atoms. The lowest BCUT2D eigenvalue weighted by molar-refractivity contribution is -0.137. The Hall–Kier alpha value is -2.10. The lowest BCUT2D eigenvalue weighted by Gasteiger charge is -2.40. The van der Waals surface area contributed by atoms with Crippen molar-refractivity contribution in [1.29, 1.82) is 0 Å². The summed E-state index contributed by atoms with van der Waals surface area (Å²) in [6.45, 7) is 8.80. The lowest BCUT2D eigenvalue weighted by Crippen LogP contribution is -2.53. The molecular weight excluding hydrogens is 450 g/mol. The van der Waals surface area contributed by atoms with Crippen LogP contribution in [0.4, 0.5) is 5.69 Å². The molecule has 4 rings (SSSR count). The van der Waals surface area contributed by atoms with Crippen LogP contribution < -0.4 is 4.90 Å². The Morgan fingerprint density at radius 2 is 1.84 bits per heavy atom. The Kier molecular flexibility index (Phi) is 6.51. The predicted molar refractivity (Wildman–Crippen MR) is 125 cm³/mol. The number of aromatic nitrogens is 2. The highest BCUT2D eigenvalue weighted by Gasteiger charge is 2.37. The number of hydrogen-bond acceptors (Lipinski definition) is 5. The molecule has 1 atom stereocenters. The van der Waals surface area contributed by atoms with Gasteiger partial charge in [0.2, 0.25) is 15.9 Å². The van der Waals surface area contributed by atoms with Gasteiger partial charge in [0.25, 0.3) is 0 Å². The third-order valence-electron chi connectivity index (χ3n) is 6.49. The SMILES string of the molecule is Cc1ccc(Cl)cc1N1CCN(C(=O)[C@@H]2CCCN(S(=O)(=O)c3c(C)n[nH]c3C)C2)CC1. The third kappa shape index (κ3) is 4.38.